The van der Waals surface area contributed by atoms with E-state index in [1.54, 1.807) is 0 Å². The van der Waals surface area contributed by atoms with Crippen LogP contribution in [-0.2, 0) is 6.42 Å². The molecule has 0 radical (unpaired) electrons. The molecule has 2 N–H and O–H groups in total. The minimum absolute atomic E-state index is 0.205. The van der Waals surface area contributed by atoms with Gasteiger partial charge in [-0.2, -0.15) is 4.98 Å². The Bertz CT molecular complexity index is 816. The third-order valence-electron chi connectivity index (χ3n) is 5.10. The third-order valence-corrected chi connectivity index (χ3v) is 5.35. The van der Waals surface area contributed by atoms with Crippen molar-refractivity contribution in [3.05, 3.63) is 47.4 Å². The summed E-state index contributed by atoms with van der Waals surface area (Å²) >= 11 is 5.40. The number of aryl methyl sites for hydroxylation is 2. The van der Waals surface area contributed by atoms with E-state index >= 15 is 0 Å². The van der Waals surface area contributed by atoms with E-state index < -0.39 is 0 Å². The molecule has 1 saturated heterocycles. The van der Waals surface area contributed by atoms with Gasteiger partial charge in [0.25, 0.3) is 0 Å². The van der Waals surface area contributed by atoms with Gasteiger partial charge in [-0.15, -0.1) is 0 Å². The molecule has 2 unspecified atom stereocenters. The fourth-order valence-electron chi connectivity index (χ4n) is 3.91. The van der Waals surface area contributed by atoms with Crippen molar-refractivity contribution in [3.63, 3.8) is 0 Å². The molecule has 5 nitrogen and oxygen atoms in total. The van der Waals surface area contributed by atoms with Crippen LogP contribution in [0.25, 0.3) is 0 Å². The van der Waals surface area contributed by atoms with Crippen LogP contribution in [-0.4, -0.2) is 34.7 Å². The van der Waals surface area contributed by atoms with Crippen molar-refractivity contribution in [3.8, 4) is 0 Å². The summed E-state index contributed by atoms with van der Waals surface area (Å²) in [6.07, 6.45) is 3.03. The molecule has 3 rings (SSSR count). The van der Waals surface area contributed by atoms with Crippen LogP contribution in [0.4, 0.5) is 16.2 Å². The molecule has 0 aliphatic carbocycles. The molecule has 1 fully saturated rings. The quantitative estimate of drug-likeness (QED) is 0.541. The first-order valence-electron chi connectivity index (χ1n) is 10.3. The summed E-state index contributed by atoms with van der Waals surface area (Å²) in [5.41, 5.74) is 2.03. The number of halogens is 1. The largest absolute Gasteiger partial charge is 0.362 e. The molecule has 2 aromatic rings. The topological polar surface area (TPSA) is 53.1 Å². The number of piperidine rings is 1. The maximum absolute atomic E-state index is 12.9. The minimum atomic E-state index is -0.205. The Labute approximate surface area is 178 Å². The lowest BCUT2D eigenvalue weighted by Gasteiger charge is -2.36. The van der Waals surface area contributed by atoms with Gasteiger partial charge in [0.1, 0.15) is 11.6 Å². The zero-order valence-electron chi connectivity index (χ0n) is 17.4. The molecule has 7 heteroatoms. The van der Waals surface area contributed by atoms with E-state index in [1.807, 2.05) is 25.1 Å². The van der Waals surface area contributed by atoms with E-state index in [9.17, 15) is 4.39 Å². The first-order valence-corrected chi connectivity index (χ1v) is 10.7. The fraction of sp³-hybridized carbons (Fsp3) is 0.500. The third kappa shape index (κ3) is 6.63. The zero-order valence-corrected chi connectivity index (χ0v) is 18.2. The van der Waals surface area contributed by atoms with Gasteiger partial charge in [-0.05, 0) is 67.9 Å². The summed E-state index contributed by atoms with van der Waals surface area (Å²) in [4.78, 5) is 11.5. The summed E-state index contributed by atoms with van der Waals surface area (Å²) in [5, 5.41) is 6.83. The number of anilines is 2. The number of aromatic nitrogens is 2. The molecule has 0 spiro atoms. The molecule has 0 bridgehead atoms. The Morgan fingerprint density at radius 2 is 1.86 bits per heavy atom. The van der Waals surface area contributed by atoms with Crippen LogP contribution < -0.4 is 15.5 Å². The van der Waals surface area contributed by atoms with Crippen LogP contribution in [0.2, 0.25) is 0 Å². The lowest BCUT2D eigenvalue weighted by Crippen LogP contribution is -2.39. The number of nitrogens with one attached hydrogen (secondary N) is 2. The van der Waals surface area contributed by atoms with Gasteiger partial charge >= 0.3 is 0 Å². The second kappa shape index (κ2) is 9.96. The van der Waals surface area contributed by atoms with E-state index in [4.69, 9.17) is 17.2 Å². The standard InChI is InChI=1S/C22H30FN5S/c1-15-11-16(2)14-28(13-15)20-12-17(3)25-21(26-20)27-22(29)24-10-4-5-18-6-8-19(23)9-7-18/h6-9,12,15-16H,4-5,10-11,13-14H2,1-3H3,(H2,24,25,26,27,29). The highest BCUT2D eigenvalue weighted by molar-refractivity contribution is 7.80. The van der Waals surface area contributed by atoms with E-state index in [1.165, 1.54) is 18.6 Å². The van der Waals surface area contributed by atoms with Crippen molar-refractivity contribution in [1.82, 2.24) is 15.3 Å². The molecule has 2 atom stereocenters. The van der Waals surface area contributed by atoms with Gasteiger partial charge < -0.3 is 15.5 Å². The number of hydrogen-bond acceptors (Lipinski definition) is 4. The number of rotatable bonds is 6. The van der Waals surface area contributed by atoms with Gasteiger partial charge in [-0.1, -0.05) is 26.0 Å². The summed E-state index contributed by atoms with van der Waals surface area (Å²) < 4.78 is 12.9. The van der Waals surface area contributed by atoms with E-state index in [2.05, 4.69) is 34.4 Å². The second-order valence-corrected chi connectivity index (χ2v) is 8.56. The van der Waals surface area contributed by atoms with Crippen LogP contribution in [0.15, 0.2) is 30.3 Å². The number of hydrogen-bond donors (Lipinski definition) is 2. The Hall–Kier alpha value is -2.28. The lowest BCUT2D eigenvalue weighted by molar-refractivity contribution is 0.355. The van der Waals surface area contributed by atoms with Crippen molar-refractivity contribution in [1.29, 1.82) is 0 Å². The molecular weight excluding hydrogens is 385 g/mol. The van der Waals surface area contributed by atoms with Gasteiger partial charge in [0, 0.05) is 31.4 Å². The molecule has 1 aromatic heterocycles. The summed E-state index contributed by atoms with van der Waals surface area (Å²) in [6, 6.07) is 8.65. The van der Waals surface area contributed by atoms with Crippen molar-refractivity contribution < 1.29 is 4.39 Å². The second-order valence-electron chi connectivity index (χ2n) is 8.15. The molecule has 156 valence electrons. The molecule has 1 aliphatic heterocycles. The number of thiocarbonyl (C=S) groups is 1. The molecule has 0 amide bonds. The normalized spacial score (nSPS) is 19.1. The van der Waals surface area contributed by atoms with Crippen molar-refractivity contribution in [2.24, 2.45) is 11.8 Å². The van der Waals surface area contributed by atoms with E-state index in [0.717, 1.165) is 49.6 Å². The predicted octanol–water partition coefficient (Wildman–Crippen LogP) is 4.33. The monoisotopic (exact) mass is 415 g/mol. The lowest BCUT2D eigenvalue weighted by atomic mass is 9.92. The Morgan fingerprint density at radius 1 is 1.17 bits per heavy atom. The van der Waals surface area contributed by atoms with Gasteiger partial charge in [-0.25, -0.2) is 9.37 Å². The molecule has 2 heterocycles. The maximum Gasteiger partial charge on any atom is 0.231 e. The van der Waals surface area contributed by atoms with Gasteiger partial charge in [0.2, 0.25) is 5.95 Å². The number of nitrogens with zero attached hydrogens (tertiary/aromatic N) is 3. The molecule has 1 aromatic carbocycles. The minimum Gasteiger partial charge on any atom is -0.362 e. The van der Waals surface area contributed by atoms with E-state index in [0.29, 0.717) is 22.9 Å². The summed E-state index contributed by atoms with van der Waals surface area (Å²) in [6.45, 7) is 9.33. The average molecular weight is 416 g/mol. The van der Waals surface area contributed by atoms with Crippen LogP contribution >= 0.6 is 12.2 Å². The van der Waals surface area contributed by atoms with Gasteiger partial charge in [-0.3, -0.25) is 0 Å². The molecular formula is C22H30FN5S. The summed E-state index contributed by atoms with van der Waals surface area (Å²) in [5.74, 6) is 2.60. The molecule has 1 aliphatic rings. The van der Waals surface area contributed by atoms with Crippen LogP contribution in [0.5, 0.6) is 0 Å². The Kier molecular flexibility index (Phi) is 7.36. The number of benzene rings is 1. The van der Waals surface area contributed by atoms with Crippen molar-refractivity contribution in [2.45, 2.75) is 40.0 Å². The highest BCUT2D eigenvalue weighted by Crippen LogP contribution is 2.26. The summed E-state index contributed by atoms with van der Waals surface area (Å²) in [7, 11) is 0. The SMILES string of the molecule is Cc1cc(N2CC(C)CC(C)C2)nc(NC(=S)NCCCc2ccc(F)cc2)n1. The average Bonchev–Trinajstić information content (AvgIpc) is 2.65. The van der Waals surface area contributed by atoms with Crippen molar-refractivity contribution >= 4 is 29.1 Å². The first-order chi connectivity index (χ1) is 13.9. The van der Waals surface area contributed by atoms with Crippen LogP contribution in [0.3, 0.4) is 0 Å². The highest BCUT2D eigenvalue weighted by atomic mass is 32.1. The van der Waals surface area contributed by atoms with Crippen molar-refractivity contribution in [2.75, 3.05) is 29.9 Å². The molecule has 0 saturated carbocycles. The smallest absolute Gasteiger partial charge is 0.231 e. The molecule has 29 heavy (non-hydrogen) atoms. The Balaban J connectivity index is 1.50. The predicted molar refractivity (Wildman–Crippen MR) is 121 cm³/mol. The Morgan fingerprint density at radius 3 is 2.55 bits per heavy atom. The van der Waals surface area contributed by atoms with Crippen LogP contribution in [0, 0.1) is 24.6 Å². The van der Waals surface area contributed by atoms with Gasteiger partial charge in [0.05, 0.1) is 0 Å². The first kappa shape index (κ1) is 21.4. The fourth-order valence-corrected chi connectivity index (χ4v) is 4.10. The maximum atomic E-state index is 12.9. The zero-order chi connectivity index (χ0) is 20.8. The van der Waals surface area contributed by atoms with Gasteiger partial charge in [0.15, 0.2) is 5.11 Å². The van der Waals surface area contributed by atoms with Crippen LogP contribution in [0.1, 0.15) is 37.9 Å². The van der Waals surface area contributed by atoms with E-state index in [-0.39, 0.29) is 5.82 Å². The highest BCUT2D eigenvalue weighted by Gasteiger charge is 2.23.